The first-order valence-corrected chi connectivity index (χ1v) is 10.5. The standard InChI is InChI=1S/C23H23N5O6/c1-14-10-21(27(25-14)16-4-6-17(7-5-16)28(31)32)24-23(30)15-11-22(29)26(13-15)19-12-18(33-2)8-9-20(19)34-3/h4-10,12,15H,11,13H2,1-3H3,(H,24,30). The normalized spacial score (nSPS) is 15.3. The second-order valence-electron chi connectivity index (χ2n) is 7.79. The number of aromatic nitrogens is 2. The molecule has 0 radical (unpaired) electrons. The lowest BCUT2D eigenvalue weighted by molar-refractivity contribution is -0.384. The van der Waals surface area contributed by atoms with Crippen molar-refractivity contribution in [2.45, 2.75) is 13.3 Å². The highest BCUT2D eigenvalue weighted by atomic mass is 16.6. The Morgan fingerprint density at radius 2 is 1.88 bits per heavy atom. The van der Waals surface area contributed by atoms with Crippen LogP contribution < -0.4 is 19.7 Å². The first-order chi connectivity index (χ1) is 16.3. The Bertz CT molecular complexity index is 1250. The third kappa shape index (κ3) is 4.40. The number of carbonyl (C=O) groups is 2. The van der Waals surface area contributed by atoms with Gasteiger partial charge in [-0.2, -0.15) is 5.10 Å². The summed E-state index contributed by atoms with van der Waals surface area (Å²) < 4.78 is 12.1. The van der Waals surface area contributed by atoms with E-state index in [1.807, 2.05) is 0 Å². The van der Waals surface area contributed by atoms with Crippen molar-refractivity contribution < 1.29 is 24.0 Å². The van der Waals surface area contributed by atoms with Gasteiger partial charge < -0.3 is 19.7 Å². The molecule has 1 unspecified atom stereocenters. The zero-order chi connectivity index (χ0) is 24.4. The molecule has 0 spiro atoms. The van der Waals surface area contributed by atoms with Gasteiger partial charge in [0.05, 0.1) is 42.1 Å². The number of carbonyl (C=O) groups excluding carboxylic acids is 2. The van der Waals surface area contributed by atoms with Crippen molar-refractivity contribution in [1.29, 1.82) is 0 Å². The van der Waals surface area contributed by atoms with Crippen LogP contribution in [0.3, 0.4) is 0 Å². The van der Waals surface area contributed by atoms with Crippen molar-refractivity contribution in [1.82, 2.24) is 9.78 Å². The summed E-state index contributed by atoms with van der Waals surface area (Å²) in [4.78, 5) is 37.8. The number of hydrogen-bond acceptors (Lipinski definition) is 7. The number of non-ortho nitro benzene ring substituents is 1. The number of hydrogen-bond donors (Lipinski definition) is 1. The molecule has 1 saturated heterocycles. The zero-order valence-corrected chi connectivity index (χ0v) is 18.8. The van der Waals surface area contributed by atoms with E-state index in [9.17, 15) is 19.7 Å². The Hall–Kier alpha value is -4.41. The van der Waals surface area contributed by atoms with Gasteiger partial charge in [0.15, 0.2) is 0 Å². The summed E-state index contributed by atoms with van der Waals surface area (Å²) in [6, 6.07) is 12.7. The molecule has 0 bridgehead atoms. The highest BCUT2D eigenvalue weighted by molar-refractivity contribution is 6.04. The molecule has 1 atom stereocenters. The van der Waals surface area contributed by atoms with Gasteiger partial charge in [-0.15, -0.1) is 0 Å². The van der Waals surface area contributed by atoms with Crippen molar-refractivity contribution in [2.75, 3.05) is 31.0 Å². The number of rotatable bonds is 7. The summed E-state index contributed by atoms with van der Waals surface area (Å²) in [5, 5.41) is 18.1. The van der Waals surface area contributed by atoms with E-state index in [0.29, 0.717) is 34.4 Å². The van der Waals surface area contributed by atoms with E-state index >= 15 is 0 Å². The Labute approximate surface area is 195 Å². The molecule has 1 aliphatic rings. The monoisotopic (exact) mass is 465 g/mol. The minimum absolute atomic E-state index is 0.0385. The molecule has 11 heteroatoms. The molecule has 11 nitrogen and oxygen atoms in total. The minimum Gasteiger partial charge on any atom is -0.497 e. The van der Waals surface area contributed by atoms with Crippen molar-refractivity contribution in [3.63, 3.8) is 0 Å². The van der Waals surface area contributed by atoms with Crippen molar-refractivity contribution in [2.24, 2.45) is 5.92 Å². The largest absolute Gasteiger partial charge is 0.497 e. The van der Waals surface area contributed by atoms with Gasteiger partial charge in [0.1, 0.15) is 17.3 Å². The van der Waals surface area contributed by atoms with Gasteiger partial charge >= 0.3 is 0 Å². The Kier molecular flexibility index (Phi) is 6.17. The lowest BCUT2D eigenvalue weighted by Crippen LogP contribution is -2.29. The van der Waals surface area contributed by atoms with Gasteiger partial charge in [0.2, 0.25) is 11.8 Å². The van der Waals surface area contributed by atoms with Crippen LogP contribution in [0.1, 0.15) is 12.1 Å². The van der Waals surface area contributed by atoms with Crippen molar-refractivity contribution in [3.05, 3.63) is 64.3 Å². The molecule has 2 amide bonds. The highest BCUT2D eigenvalue weighted by Crippen LogP contribution is 2.36. The van der Waals surface area contributed by atoms with Gasteiger partial charge in [-0.05, 0) is 31.2 Å². The Balaban J connectivity index is 1.54. The highest BCUT2D eigenvalue weighted by Gasteiger charge is 2.37. The van der Waals surface area contributed by atoms with Crippen LogP contribution in [-0.4, -0.2) is 47.3 Å². The molecular formula is C23H23N5O6. The smallest absolute Gasteiger partial charge is 0.269 e. The fourth-order valence-corrected chi connectivity index (χ4v) is 3.85. The van der Waals surface area contributed by atoms with E-state index in [1.165, 1.54) is 35.9 Å². The van der Waals surface area contributed by atoms with Gasteiger partial charge in [0.25, 0.3) is 5.69 Å². The molecule has 1 fully saturated rings. The molecule has 1 aromatic heterocycles. The maximum Gasteiger partial charge on any atom is 0.269 e. The summed E-state index contributed by atoms with van der Waals surface area (Å²) in [5.41, 5.74) is 1.70. The van der Waals surface area contributed by atoms with Crippen LogP contribution >= 0.6 is 0 Å². The molecule has 176 valence electrons. The van der Waals surface area contributed by atoms with Gasteiger partial charge in [0, 0.05) is 37.2 Å². The topological polar surface area (TPSA) is 129 Å². The summed E-state index contributed by atoms with van der Waals surface area (Å²) in [6.45, 7) is 1.95. The number of aryl methyl sites for hydroxylation is 1. The second-order valence-corrected chi connectivity index (χ2v) is 7.79. The number of nitro groups is 1. The first kappa shape index (κ1) is 22.8. The third-order valence-electron chi connectivity index (χ3n) is 5.56. The van der Waals surface area contributed by atoms with Gasteiger partial charge in [-0.25, -0.2) is 4.68 Å². The second kappa shape index (κ2) is 9.22. The van der Waals surface area contributed by atoms with Crippen LogP contribution in [-0.2, 0) is 9.59 Å². The number of amides is 2. The molecule has 2 aromatic carbocycles. The van der Waals surface area contributed by atoms with E-state index in [2.05, 4.69) is 10.4 Å². The number of anilines is 2. The number of benzene rings is 2. The summed E-state index contributed by atoms with van der Waals surface area (Å²) in [6.07, 6.45) is 0.0385. The van der Waals surface area contributed by atoms with Crippen molar-refractivity contribution >= 4 is 29.0 Å². The van der Waals surface area contributed by atoms with E-state index in [1.54, 1.807) is 43.3 Å². The molecule has 1 aliphatic heterocycles. The van der Waals surface area contributed by atoms with Crippen LogP contribution in [0.4, 0.5) is 17.2 Å². The third-order valence-corrected chi connectivity index (χ3v) is 5.56. The molecule has 1 N–H and O–H groups in total. The molecule has 0 aliphatic carbocycles. The van der Waals surface area contributed by atoms with E-state index in [4.69, 9.17) is 9.47 Å². The molecule has 0 saturated carbocycles. The van der Waals surface area contributed by atoms with Crippen LogP contribution in [0.25, 0.3) is 5.69 Å². The van der Waals surface area contributed by atoms with Crippen molar-refractivity contribution in [3.8, 4) is 17.2 Å². The Morgan fingerprint density at radius 1 is 1.15 bits per heavy atom. The number of methoxy groups -OCH3 is 2. The van der Waals surface area contributed by atoms with Gasteiger partial charge in [-0.1, -0.05) is 0 Å². The summed E-state index contributed by atoms with van der Waals surface area (Å²) in [7, 11) is 3.04. The lowest BCUT2D eigenvalue weighted by Gasteiger charge is -2.20. The first-order valence-electron chi connectivity index (χ1n) is 10.5. The number of nitrogens with zero attached hydrogens (tertiary/aromatic N) is 4. The van der Waals surface area contributed by atoms with Crippen LogP contribution in [0.15, 0.2) is 48.5 Å². The Morgan fingerprint density at radius 3 is 2.53 bits per heavy atom. The fraction of sp³-hybridized carbons (Fsp3) is 0.261. The maximum atomic E-state index is 13.1. The van der Waals surface area contributed by atoms with E-state index < -0.39 is 10.8 Å². The molecule has 34 heavy (non-hydrogen) atoms. The summed E-state index contributed by atoms with van der Waals surface area (Å²) in [5.74, 6) is 0.346. The quantitative estimate of drug-likeness (QED) is 0.419. The predicted octanol–water partition coefficient (Wildman–Crippen LogP) is 3.10. The predicted molar refractivity (Wildman–Crippen MR) is 124 cm³/mol. The molecule has 3 aromatic rings. The zero-order valence-electron chi connectivity index (χ0n) is 18.8. The molecule has 4 rings (SSSR count). The number of nitro benzene ring substituents is 1. The molecular weight excluding hydrogens is 442 g/mol. The number of ether oxygens (including phenoxy) is 2. The van der Waals surface area contributed by atoms with Crippen LogP contribution in [0.5, 0.6) is 11.5 Å². The van der Waals surface area contributed by atoms with Crippen LogP contribution in [0, 0.1) is 23.0 Å². The van der Waals surface area contributed by atoms with E-state index in [0.717, 1.165) is 0 Å². The van der Waals surface area contributed by atoms with Gasteiger partial charge in [-0.3, -0.25) is 19.7 Å². The van der Waals surface area contributed by atoms with Crippen LogP contribution in [0.2, 0.25) is 0 Å². The average Bonchev–Trinajstić information content (AvgIpc) is 3.40. The maximum absolute atomic E-state index is 13.1. The summed E-state index contributed by atoms with van der Waals surface area (Å²) >= 11 is 0. The van der Waals surface area contributed by atoms with E-state index in [-0.39, 0.29) is 30.5 Å². The fourth-order valence-electron chi connectivity index (χ4n) is 3.85. The average molecular weight is 465 g/mol. The minimum atomic E-state index is -0.594. The number of nitrogens with one attached hydrogen (secondary N) is 1. The lowest BCUT2D eigenvalue weighted by atomic mass is 10.1. The molecule has 2 heterocycles. The SMILES string of the molecule is COc1ccc(OC)c(N2CC(C(=O)Nc3cc(C)nn3-c3ccc([N+](=O)[O-])cc3)CC2=O)c1.